The Balaban J connectivity index is 0.000000191. The van der Waals surface area contributed by atoms with Gasteiger partial charge in [0, 0.05) is 17.9 Å². The van der Waals surface area contributed by atoms with E-state index in [1.807, 2.05) is 49.4 Å². The molecule has 0 bridgehead atoms. The van der Waals surface area contributed by atoms with Gasteiger partial charge in [0.2, 0.25) is 0 Å². The number of benzene rings is 2. The molecule has 0 aliphatic rings. The average molecular weight is 258 g/mol. The van der Waals surface area contributed by atoms with E-state index < -0.39 is 0 Å². The summed E-state index contributed by atoms with van der Waals surface area (Å²) in [5.74, 6) is 0.872. The molecule has 0 atom stereocenters. The second kappa shape index (κ2) is 8.86. The lowest BCUT2D eigenvalue weighted by atomic mass is 10.3. The first-order valence-corrected chi connectivity index (χ1v) is 6.53. The monoisotopic (exact) mass is 258 g/mol. The number of hydrogen-bond acceptors (Lipinski definition) is 3. The van der Waals surface area contributed by atoms with E-state index in [9.17, 15) is 0 Å². The van der Waals surface area contributed by atoms with Crippen LogP contribution in [-0.2, 0) is 0 Å². The van der Waals surface area contributed by atoms with Crippen molar-refractivity contribution in [1.29, 1.82) is 0 Å². The molecule has 0 aliphatic heterocycles. The molecule has 0 radical (unpaired) electrons. The number of nitrogen functional groups attached to an aromatic ring is 1. The minimum absolute atomic E-state index is 0.698. The van der Waals surface area contributed by atoms with E-state index in [1.165, 1.54) is 5.69 Å². The minimum Gasteiger partial charge on any atom is -0.494 e. The van der Waals surface area contributed by atoms with Crippen molar-refractivity contribution in [2.24, 2.45) is 0 Å². The van der Waals surface area contributed by atoms with Gasteiger partial charge in [0.25, 0.3) is 0 Å². The molecule has 2 rings (SSSR count). The molecule has 102 valence electrons. The summed E-state index contributed by atoms with van der Waals surface area (Å²) < 4.78 is 5.21. The van der Waals surface area contributed by atoms with Gasteiger partial charge < -0.3 is 15.8 Å². The molecular formula is C16H22N2O. The Morgan fingerprint density at radius 2 is 1.58 bits per heavy atom. The molecule has 0 heterocycles. The first-order chi connectivity index (χ1) is 9.26. The van der Waals surface area contributed by atoms with E-state index in [1.54, 1.807) is 0 Å². The Hall–Kier alpha value is -2.16. The first-order valence-electron chi connectivity index (χ1n) is 6.53. The zero-order valence-corrected chi connectivity index (χ0v) is 11.6. The quantitative estimate of drug-likeness (QED) is 0.820. The Morgan fingerprint density at radius 1 is 0.947 bits per heavy atom. The van der Waals surface area contributed by atoms with Crippen LogP contribution in [0.15, 0.2) is 54.6 Å². The highest BCUT2D eigenvalue weighted by atomic mass is 16.5. The Labute approximate surface area is 115 Å². The molecule has 2 aromatic rings. The number of hydrogen-bond donors (Lipinski definition) is 2. The molecule has 0 amide bonds. The zero-order valence-electron chi connectivity index (χ0n) is 11.6. The number of nitrogens with one attached hydrogen (secondary N) is 1. The summed E-state index contributed by atoms with van der Waals surface area (Å²) >= 11 is 0. The molecular weight excluding hydrogens is 236 g/mol. The topological polar surface area (TPSA) is 47.3 Å². The summed E-state index contributed by atoms with van der Waals surface area (Å²) in [6, 6.07) is 17.6. The van der Waals surface area contributed by atoms with Gasteiger partial charge in [0.05, 0.1) is 6.61 Å². The van der Waals surface area contributed by atoms with Crippen molar-refractivity contribution < 1.29 is 4.74 Å². The summed E-state index contributed by atoms with van der Waals surface area (Å²) in [5, 5.41) is 3.21. The molecule has 0 aliphatic carbocycles. The molecule has 0 fully saturated rings. The van der Waals surface area contributed by atoms with Gasteiger partial charge in [-0.1, -0.05) is 18.2 Å². The summed E-state index contributed by atoms with van der Waals surface area (Å²) in [5.41, 5.74) is 7.43. The van der Waals surface area contributed by atoms with Gasteiger partial charge in [0.1, 0.15) is 5.75 Å². The Morgan fingerprint density at radius 3 is 2.11 bits per heavy atom. The number of rotatable bonds is 4. The van der Waals surface area contributed by atoms with Crippen LogP contribution in [0.1, 0.15) is 13.8 Å². The van der Waals surface area contributed by atoms with E-state index in [4.69, 9.17) is 10.5 Å². The standard InChI is InChI=1S/C8H11NO.C8H11N/c1-2-10-8-5-3-7(9)4-6-8;1-2-9-8-6-4-3-5-7-8/h3-6H,2,9H2,1H3;3-7,9H,2H2,1H3. The van der Waals surface area contributed by atoms with Crippen LogP contribution in [0.3, 0.4) is 0 Å². The minimum atomic E-state index is 0.698. The van der Waals surface area contributed by atoms with Crippen LogP contribution in [0.4, 0.5) is 11.4 Å². The van der Waals surface area contributed by atoms with Crippen molar-refractivity contribution in [2.45, 2.75) is 13.8 Å². The highest BCUT2D eigenvalue weighted by molar-refractivity contribution is 5.42. The average Bonchev–Trinajstić information content (AvgIpc) is 2.44. The van der Waals surface area contributed by atoms with Gasteiger partial charge >= 0.3 is 0 Å². The van der Waals surface area contributed by atoms with Crippen LogP contribution >= 0.6 is 0 Å². The fourth-order valence-electron chi connectivity index (χ4n) is 1.49. The molecule has 3 N–H and O–H groups in total. The van der Waals surface area contributed by atoms with Crippen molar-refractivity contribution >= 4 is 11.4 Å². The van der Waals surface area contributed by atoms with E-state index >= 15 is 0 Å². The van der Waals surface area contributed by atoms with Gasteiger partial charge in [-0.25, -0.2) is 0 Å². The van der Waals surface area contributed by atoms with E-state index in [-0.39, 0.29) is 0 Å². The van der Waals surface area contributed by atoms with Crippen LogP contribution in [0.5, 0.6) is 5.75 Å². The van der Waals surface area contributed by atoms with E-state index in [0.717, 1.165) is 18.0 Å². The smallest absolute Gasteiger partial charge is 0.119 e. The zero-order chi connectivity index (χ0) is 13.9. The van der Waals surface area contributed by atoms with E-state index in [0.29, 0.717) is 6.61 Å². The SMILES string of the molecule is CCNc1ccccc1.CCOc1ccc(N)cc1. The van der Waals surface area contributed by atoms with Crippen LogP contribution in [-0.4, -0.2) is 13.2 Å². The van der Waals surface area contributed by atoms with Gasteiger partial charge in [-0.2, -0.15) is 0 Å². The third kappa shape index (κ3) is 6.36. The van der Waals surface area contributed by atoms with Gasteiger partial charge in [-0.3, -0.25) is 0 Å². The lowest BCUT2D eigenvalue weighted by Crippen LogP contribution is -1.94. The van der Waals surface area contributed by atoms with Crippen LogP contribution in [0, 0.1) is 0 Å². The van der Waals surface area contributed by atoms with Crippen LogP contribution < -0.4 is 15.8 Å². The lowest BCUT2D eigenvalue weighted by molar-refractivity contribution is 0.340. The molecule has 3 heteroatoms. The third-order valence-corrected chi connectivity index (χ3v) is 2.35. The van der Waals surface area contributed by atoms with E-state index in [2.05, 4.69) is 24.4 Å². The molecule has 3 nitrogen and oxygen atoms in total. The van der Waals surface area contributed by atoms with Crippen molar-refractivity contribution in [3.8, 4) is 5.75 Å². The van der Waals surface area contributed by atoms with Crippen LogP contribution in [0.2, 0.25) is 0 Å². The second-order valence-corrected chi connectivity index (χ2v) is 3.90. The summed E-state index contributed by atoms with van der Waals surface area (Å²) in [6.07, 6.45) is 0. The lowest BCUT2D eigenvalue weighted by Gasteiger charge is -2.01. The molecule has 19 heavy (non-hydrogen) atoms. The molecule has 0 saturated heterocycles. The highest BCUT2D eigenvalue weighted by Gasteiger charge is 1.88. The van der Waals surface area contributed by atoms with Crippen molar-refractivity contribution in [2.75, 3.05) is 24.2 Å². The van der Waals surface area contributed by atoms with Crippen LogP contribution in [0.25, 0.3) is 0 Å². The summed E-state index contributed by atoms with van der Waals surface area (Å²) in [7, 11) is 0. The number of nitrogens with two attached hydrogens (primary N) is 1. The molecule has 0 aromatic heterocycles. The Kier molecular flexibility index (Phi) is 6.95. The third-order valence-electron chi connectivity index (χ3n) is 2.35. The number of anilines is 2. The van der Waals surface area contributed by atoms with Crippen molar-refractivity contribution in [3.63, 3.8) is 0 Å². The van der Waals surface area contributed by atoms with Crippen molar-refractivity contribution in [1.82, 2.24) is 0 Å². The fourth-order valence-corrected chi connectivity index (χ4v) is 1.49. The summed E-state index contributed by atoms with van der Waals surface area (Å²) in [6.45, 7) is 5.73. The summed E-state index contributed by atoms with van der Waals surface area (Å²) in [4.78, 5) is 0. The number of para-hydroxylation sites is 1. The maximum atomic E-state index is 5.47. The predicted molar refractivity (Wildman–Crippen MR) is 82.6 cm³/mol. The molecule has 0 spiro atoms. The van der Waals surface area contributed by atoms with Crippen molar-refractivity contribution in [3.05, 3.63) is 54.6 Å². The maximum absolute atomic E-state index is 5.47. The van der Waals surface area contributed by atoms with Gasteiger partial charge in [-0.05, 0) is 50.2 Å². The normalized spacial score (nSPS) is 9.16. The maximum Gasteiger partial charge on any atom is 0.119 e. The highest BCUT2D eigenvalue weighted by Crippen LogP contribution is 2.12. The van der Waals surface area contributed by atoms with Gasteiger partial charge in [-0.15, -0.1) is 0 Å². The predicted octanol–water partition coefficient (Wildman–Crippen LogP) is 3.79. The number of ether oxygens (including phenoxy) is 1. The first kappa shape index (κ1) is 14.9. The second-order valence-electron chi connectivity index (χ2n) is 3.90. The fraction of sp³-hybridized carbons (Fsp3) is 0.250. The molecule has 0 unspecified atom stereocenters. The largest absolute Gasteiger partial charge is 0.494 e. The molecule has 0 saturated carbocycles. The Bertz CT molecular complexity index is 440. The molecule has 2 aromatic carbocycles. The van der Waals surface area contributed by atoms with Gasteiger partial charge in [0.15, 0.2) is 0 Å².